The van der Waals surface area contributed by atoms with Crippen molar-refractivity contribution in [1.29, 1.82) is 0 Å². The zero-order valence-electron chi connectivity index (χ0n) is 36.3. The largest absolute Gasteiger partial charge is 0.504 e. The number of primary amides is 1. The second-order valence-electron chi connectivity index (χ2n) is 19.2. The van der Waals surface area contributed by atoms with Gasteiger partial charge in [0.15, 0.2) is 11.5 Å². The zero-order valence-corrected chi connectivity index (χ0v) is 37.0. The van der Waals surface area contributed by atoms with Crippen LogP contribution in [0.25, 0.3) is 0 Å². The number of likely N-dealkylation sites (N-methyl/N-ethyl adjacent to an activating group) is 1. The van der Waals surface area contributed by atoms with Gasteiger partial charge in [-0.2, -0.15) is 0 Å². The number of piperidine rings is 3. The second kappa shape index (κ2) is 17.4. The van der Waals surface area contributed by atoms with Crippen molar-refractivity contribution in [3.63, 3.8) is 0 Å². The van der Waals surface area contributed by atoms with Gasteiger partial charge in [0.1, 0.15) is 6.10 Å². The van der Waals surface area contributed by atoms with Crippen LogP contribution in [0.4, 0.5) is 5.69 Å². The Kier molecular flexibility index (Phi) is 12.1. The molecule has 4 heterocycles. The first kappa shape index (κ1) is 43.1. The Morgan fingerprint density at radius 3 is 2.47 bits per heavy atom. The van der Waals surface area contributed by atoms with Gasteiger partial charge in [-0.1, -0.05) is 35.9 Å². The standard InChI is InChI=1S/C48H62BClN6O6/c1-30-4-10-36(28-37(30)50)56(20-3-19-54-21-13-32(14-22-54)26-31-5-7-33(8-6-31)45(51)59)46(60)34-15-23-55(24-16-34)41(58)29-49-52-38-12-17-48(61)40-27-35-9-11-39(57)43-42(35)47(48,44(38)62-43)18-25-53(40)2/h4-11,28,32,34,38,40,44,49,52,57,61H,3,12-27,29H2,1-2H3,(H2,51,59)/t38-,40?,44-,47-,48+/m0/s1. The number of phenolic OH excluding ortho intramolecular Hbond substituents is 1. The Balaban J connectivity index is 0.763. The number of carbonyl (C=O) groups is 3. The second-order valence-corrected chi connectivity index (χ2v) is 19.6. The number of hydrogen-bond acceptors (Lipinski definition) is 9. The number of hydrogen-bond donors (Lipinski definition) is 4. The number of aliphatic hydroxyl groups is 1. The average Bonchev–Trinajstić information content (AvgIpc) is 3.63. The van der Waals surface area contributed by atoms with E-state index in [1.54, 1.807) is 6.07 Å². The van der Waals surface area contributed by atoms with Crippen LogP contribution in [0, 0.1) is 18.8 Å². The molecule has 4 fully saturated rings. The normalized spacial score (nSPS) is 27.4. The number of nitrogens with two attached hydrogens (primary N) is 1. The molecule has 3 aromatic rings. The molecule has 3 amide bonds. The number of benzene rings is 3. The van der Waals surface area contributed by atoms with Crippen molar-refractivity contribution in [1.82, 2.24) is 19.9 Å². The number of halogens is 1. The van der Waals surface area contributed by atoms with E-state index in [9.17, 15) is 24.6 Å². The van der Waals surface area contributed by atoms with Crippen molar-refractivity contribution >= 4 is 42.4 Å². The fourth-order valence-corrected chi connectivity index (χ4v) is 12.4. The molecule has 0 aromatic heterocycles. The molecule has 3 saturated heterocycles. The first-order valence-electron chi connectivity index (χ1n) is 23.0. The minimum Gasteiger partial charge on any atom is -0.504 e. The van der Waals surface area contributed by atoms with Gasteiger partial charge in [-0.25, -0.2) is 0 Å². The molecule has 9 rings (SSSR count). The number of amides is 3. The Hall–Kier alpha value is -4.14. The molecule has 4 aliphatic heterocycles. The fourth-order valence-electron chi connectivity index (χ4n) is 12.2. The average molecular weight is 865 g/mol. The molecule has 6 aliphatic rings. The smallest absolute Gasteiger partial charge is 0.248 e. The van der Waals surface area contributed by atoms with Crippen molar-refractivity contribution in [2.24, 2.45) is 17.6 Å². The molecule has 3 aromatic carbocycles. The van der Waals surface area contributed by atoms with E-state index in [1.807, 2.05) is 65.3 Å². The summed E-state index contributed by atoms with van der Waals surface area (Å²) in [6.45, 7) is 7.45. The summed E-state index contributed by atoms with van der Waals surface area (Å²) in [7, 11) is 2.59. The summed E-state index contributed by atoms with van der Waals surface area (Å²) < 4.78 is 6.64. The van der Waals surface area contributed by atoms with Crippen LogP contribution < -0.4 is 20.6 Å². The summed E-state index contributed by atoms with van der Waals surface area (Å²) in [5.41, 5.74) is 9.58. The van der Waals surface area contributed by atoms with Gasteiger partial charge >= 0.3 is 0 Å². The first-order chi connectivity index (χ1) is 29.9. The number of nitrogens with one attached hydrogen (secondary N) is 1. The third-order valence-electron chi connectivity index (χ3n) is 15.7. The maximum atomic E-state index is 14.3. The van der Waals surface area contributed by atoms with Gasteiger partial charge in [-0.3, -0.25) is 14.4 Å². The molecule has 330 valence electrons. The summed E-state index contributed by atoms with van der Waals surface area (Å²) in [6, 6.07) is 17.2. The van der Waals surface area contributed by atoms with Crippen LogP contribution in [0.2, 0.25) is 11.3 Å². The van der Waals surface area contributed by atoms with Gasteiger partial charge < -0.3 is 45.5 Å². The van der Waals surface area contributed by atoms with Crippen molar-refractivity contribution in [3.05, 3.63) is 87.4 Å². The minimum atomic E-state index is -0.947. The van der Waals surface area contributed by atoms with Gasteiger partial charge in [-0.15, -0.1) is 0 Å². The summed E-state index contributed by atoms with van der Waals surface area (Å²) in [6.07, 6.45) is 8.15. The van der Waals surface area contributed by atoms with Crippen LogP contribution in [-0.2, 0) is 27.8 Å². The van der Waals surface area contributed by atoms with Crippen molar-refractivity contribution < 1.29 is 29.3 Å². The SMILES string of the molecule is Cc1ccc(N(CCCN2CCC(Cc3ccc(C(N)=O)cc3)CC2)C(=O)C2CCN(C(=O)CBN[C@H]3CC[C@@]4(O)C5Cc6ccc(O)c7c6[C@@]4(CCN5C)[C@H]3O7)CC2)cc1Cl. The lowest BCUT2D eigenvalue weighted by Crippen LogP contribution is -2.77. The lowest BCUT2D eigenvalue weighted by molar-refractivity contribution is -0.185. The predicted octanol–water partition coefficient (Wildman–Crippen LogP) is 4.58. The van der Waals surface area contributed by atoms with Crippen molar-refractivity contribution in [2.75, 3.05) is 57.8 Å². The highest BCUT2D eigenvalue weighted by molar-refractivity contribution is 6.38. The number of likely N-dealkylation sites (tertiary alicyclic amines) is 3. The topological polar surface area (TPSA) is 152 Å². The van der Waals surface area contributed by atoms with Gasteiger partial charge in [0.25, 0.3) is 0 Å². The molecule has 0 radical (unpaired) electrons. The third kappa shape index (κ3) is 7.80. The summed E-state index contributed by atoms with van der Waals surface area (Å²) in [5, 5.41) is 27.7. The number of aryl methyl sites for hydroxylation is 1. The van der Waals surface area contributed by atoms with Crippen LogP contribution >= 0.6 is 11.6 Å². The minimum absolute atomic E-state index is 0.00711. The van der Waals surface area contributed by atoms with E-state index in [0.717, 1.165) is 93.5 Å². The van der Waals surface area contributed by atoms with Crippen LogP contribution in [0.15, 0.2) is 54.6 Å². The van der Waals surface area contributed by atoms with Crippen LogP contribution in [0.5, 0.6) is 11.5 Å². The number of phenols is 1. The lowest BCUT2D eigenvalue weighted by Gasteiger charge is -2.63. The molecule has 2 bridgehead atoms. The molecule has 1 unspecified atom stereocenters. The summed E-state index contributed by atoms with van der Waals surface area (Å²) in [4.78, 5) is 48.0. The molecular weight excluding hydrogens is 803 g/mol. The molecule has 62 heavy (non-hydrogen) atoms. The Morgan fingerprint density at radius 1 is 0.984 bits per heavy atom. The van der Waals surface area contributed by atoms with E-state index in [-0.39, 0.29) is 41.7 Å². The highest BCUT2D eigenvalue weighted by atomic mass is 35.5. The highest BCUT2D eigenvalue weighted by Crippen LogP contribution is 2.65. The third-order valence-corrected chi connectivity index (χ3v) is 16.1. The van der Waals surface area contributed by atoms with Crippen LogP contribution in [0.1, 0.15) is 84.0 Å². The molecule has 14 heteroatoms. The van der Waals surface area contributed by atoms with Crippen LogP contribution in [-0.4, -0.2) is 127 Å². The number of anilines is 1. The Bertz CT molecular complexity index is 2180. The van der Waals surface area contributed by atoms with E-state index in [2.05, 4.69) is 22.1 Å². The number of rotatable bonds is 13. The molecular formula is C48H62BClN6O6. The monoisotopic (exact) mass is 864 g/mol. The summed E-state index contributed by atoms with van der Waals surface area (Å²) in [5.74, 6) is 0.851. The van der Waals surface area contributed by atoms with Crippen molar-refractivity contribution in [2.45, 2.75) is 107 Å². The molecule has 5 N–H and O–H groups in total. The number of carbonyl (C=O) groups excluding carboxylic acids is 3. The highest BCUT2D eigenvalue weighted by Gasteiger charge is 2.72. The maximum absolute atomic E-state index is 14.3. The summed E-state index contributed by atoms with van der Waals surface area (Å²) >= 11 is 6.60. The lowest BCUT2D eigenvalue weighted by atomic mass is 9.48. The quantitative estimate of drug-likeness (QED) is 0.181. The van der Waals surface area contributed by atoms with Crippen LogP contribution in [0.3, 0.4) is 0 Å². The van der Waals surface area contributed by atoms with Crippen molar-refractivity contribution in [3.8, 4) is 11.5 Å². The number of aromatic hydroxyl groups is 1. The van der Waals surface area contributed by atoms with Gasteiger partial charge in [0.2, 0.25) is 25.1 Å². The fraction of sp³-hybridized carbons (Fsp3) is 0.562. The number of nitrogens with zero attached hydrogens (tertiary/aromatic N) is 4. The van der Waals surface area contributed by atoms with E-state index in [0.29, 0.717) is 74.9 Å². The molecule has 12 nitrogen and oxygen atoms in total. The molecule has 5 atom stereocenters. The molecule has 2 aliphatic carbocycles. The van der Waals surface area contributed by atoms with E-state index in [4.69, 9.17) is 22.1 Å². The van der Waals surface area contributed by atoms with E-state index in [1.165, 1.54) is 5.56 Å². The predicted molar refractivity (Wildman–Crippen MR) is 242 cm³/mol. The zero-order chi connectivity index (χ0) is 43.3. The van der Waals surface area contributed by atoms with E-state index >= 15 is 0 Å². The maximum Gasteiger partial charge on any atom is 0.248 e. The number of ether oxygens (including phenoxy) is 1. The first-order valence-corrected chi connectivity index (χ1v) is 23.4. The van der Waals surface area contributed by atoms with E-state index < -0.39 is 16.9 Å². The van der Waals surface area contributed by atoms with Gasteiger partial charge in [0, 0.05) is 65.8 Å². The Morgan fingerprint density at radius 2 is 1.74 bits per heavy atom. The Labute approximate surface area is 371 Å². The molecule has 1 spiro atoms. The van der Waals surface area contributed by atoms with Gasteiger partial charge in [0.05, 0.1) is 11.0 Å². The molecule has 1 saturated carbocycles. The van der Waals surface area contributed by atoms with Gasteiger partial charge in [-0.05, 0) is 157 Å².